The Morgan fingerprint density at radius 2 is 2.06 bits per heavy atom. The van der Waals surface area contributed by atoms with Gasteiger partial charge in [0.25, 0.3) is 0 Å². The van der Waals surface area contributed by atoms with Crippen LogP contribution >= 0.6 is 0 Å². The Hall–Kier alpha value is -0.890. The second-order valence-electron chi connectivity index (χ2n) is 5.62. The summed E-state index contributed by atoms with van der Waals surface area (Å²) in [4.78, 5) is 4.53. The maximum absolute atomic E-state index is 4.53. The lowest BCUT2D eigenvalue weighted by Crippen LogP contribution is -2.35. The number of aryl methyl sites for hydroxylation is 1. The summed E-state index contributed by atoms with van der Waals surface area (Å²) in [6.07, 6.45) is 3.99. The fourth-order valence-electron chi connectivity index (χ4n) is 2.68. The van der Waals surface area contributed by atoms with Crippen molar-refractivity contribution in [2.24, 2.45) is 11.8 Å². The third-order valence-electron chi connectivity index (χ3n) is 4.12. The minimum Gasteiger partial charge on any atom is -0.308 e. The average Bonchev–Trinajstić information content (AvgIpc) is 2.31. The zero-order valence-electron chi connectivity index (χ0n) is 11.2. The van der Waals surface area contributed by atoms with Gasteiger partial charge in [-0.25, -0.2) is 0 Å². The molecule has 0 radical (unpaired) electrons. The van der Waals surface area contributed by atoms with E-state index in [9.17, 15) is 0 Å². The molecule has 2 rings (SSSR count). The summed E-state index contributed by atoms with van der Waals surface area (Å²) in [6, 6.07) is 6.93. The van der Waals surface area contributed by atoms with Gasteiger partial charge in [0.15, 0.2) is 0 Å². The third kappa shape index (κ3) is 3.53. The van der Waals surface area contributed by atoms with Gasteiger partial charge in [0.2, 0.25) is 0 Å². The summed E-state index contributed by atoms with van der Waals surface area (Å²) in [5.74, 6) is 1.75. The van der Waals surface area contributed by atoms with Crippen LogP contribution in [0, 0.1) is 18.8 Å². The molecule has 1 aromatic rings. The van der Waals surface area contributed by atoms with E-state index in [1.807, 2.05) is 13.0 Å². The molecule has 1 aromatic heterocycles. The van der Waals surface area contributed by atoms with Crippen LogP contribution in [0.1, 0.15) is 44.5 Å². The van der Waals surface area contributed by atoms with Gasteiger partial charge in [0.1, 0.15) is 0 Å². The van der Waals surface area contributed by atoms with Crippen LogP contribution in [0.25, 0.3) is 0 Å². The zero-order valence-corrected chi connectivity index (χ0v) is 11.2. The topological polar surface area (TPSA) is 24.9 Å². The lowest BCUT2D eigenvalue weighted by atomic mass is 9.79. The molecule has 0 aromatic carbocycles. The normalized spacial score (nSPS) is 29.2. The van der Waals surface area contributed by atoms with Gasteiger partial charge < -0.3 is 5.32 Å². The Balaban J connectivity index is 1.82. The lowest BCUT2D eigenvalue weighted by Gasteiger charge is -2.32. The minimum atomic E-state index is 0.684. The van der Waals surface area contributed by atoms with Gasteiger partial charge in [-0.2, -0.15) is 0 Å². The summed E-state index contributed by atoms with van der Waals surface area (Å²) in [5, 5.41) is 3.65. The van der Waals surface area contributed by atoms with Crippen molar-refractivity contribution >= 4 is 0 Å². The molecule has 2 heteroatoms. The minimum absolute atomic E-state index is 0.684. The van der Waals surface area contributed by atoms with E-state index in [-0.39, 0.29) is 0 Å². The number of hydrogen-bond acceptors (Lipinski definition) is 2. The van der Waals surface area contributed by atoms with Crippen molar-refractivity contribution in [3.63, 3.8) is 0 Å². The Morgan fingerprint density at radius 1 is 1.24 bits per heavy atom. The van der Waals surface area contributed by atoms with Crippen LogP contribution in [0.5, 0.6) is 0 Å². The van der Waals surface area contributed by atoms with Crippen molar-refractivity contribution < 1.29 is 0 Å². The first-order valence-electron chi connectivity index (χ1n) is 6.81. The van der Waals surface area contributed by atoms with Gasteiger partial charge in [-0.05, 0) is 50.2 Å². The van der Waals surface area contributed by atoms with E-state index < -0.39 is 0 Å². The van der Waals surface area contributed by atoms with E-state index in [1.54, 1.807) is 0 Å². The summed E-state index contributed by atoms with van der Waals surface area (Å²) < 4.78 is 0. The van der Waals surface area contributed by atoms with E-state index in [0.717, 1.165) is 29.8 Å². The van der Waals surface area contributed by atoms with Gasteiger partial charge >= 0.3 is 0 Å². The van der Waals surface area contributed by atoms with E-state index in [0.29, 0.717) is 6.04 Å². The van der Waals surface area contributed by atoms with Gasteiger partial charge in [-0.3, -0.25) is 4.98 Å². The molecule has 0 spiro atoms. The number of aromatic nitrogens is 1. The molecule has 1 N–H and O–H groups in total. The predicted molar refractivity (Wildman–Crippen MR) is 71.8 cm³/mol. The van der Waals surface area contributed by atoms with Crippen molar-refractivity contribution in [1.82, 2.24) is 10.3 Å². The summed E-state index contributed by atoms with van der Waals surface area (Å²) in [6.45, 7) is 7.72. The summed E-state index contributed by atoms with van der Waals surface area (Å²) in [5.41, 5.74) is 2.27. The van der Waals surface area contributed by atoms with Crippen LogP contribution in [0.15, 0.2) is 18.2 Å². The van der Waals surface area contributed by atoms with Gasteiger partial charge in [0.05, 0.1) is 5.69 Å². The molecule has 1 aliphatic carbocycles. The molecule has 3 unspecified atom stereocenters. The molecular weight excluding hydrogens is 208 g/mol. The molecule has 1 heterocycles. The largest absolute Gasteiger partial charge is 0.308 e. The van der Waals surface area contributed by atoms with Crippen LogP contribution < -0.4 is 5.32 Å². The van der Waals surface area contributed by atoms with Crippen molar-refractivity contribution in [3.05, 3.63) is 29.6 Å². The number of pyridine rings is 1. The molecule has 1 aliphatic rings. The third-order valence-corrected chi connectivity index (χ3v) is 4.12. The van der Waals surface area contributed by atoms with E-state index >= 15 is 0 Å². The molecule has 17 heavy (non-hydrogen) atoms. The molecule has 1 saturated carbocycles. The zero-order chi connectivity index (χ0) is 12.3. The number of rotatable bonds is 3. The first-order valence-corrected chi connectivity index (χ1v) is 6.81. The number of hydrogen-bond donors (Lipinski definition) is 1. The molecular formula is C15H24N2. The fourth-order valence-corrected chi connectivity index (χ4v) is 2.68. The quantitative estimate of drug-likeness (QED) is 0.865. The van der Waals surface area contributed by atoms with E-state index in [2.05, 4.69) is 36.3 Å². The smallest absolute Gasteiger partial charge is 0.0544 e. The fraction of sp³-hybridized carbons (Fsp3) is 0.667. The maximum atomic E-state index is 4.53. The summed E-state index contributed by atoms with van der Waals surface area (Å²) >= 11 is 0. The Bertz CT molecular complexity index is 362. The van der Waals surface area contributed by atoms with Crippen LogP contribution in [0.4, 0.5) is 0 Å². The standard InChI is InChI=1S/C15H24N2/c1-11-7-8-14(9-12(11)2)16-10-15-6-4-5-13(3)17-15/h4-6,11-12,14,16H,7-10H2,1-3H3. The highest BCUT2D eigenvalue weighted by atomic mass is 14.9. The molecule has 94 valence electrons. The molecule has 3 atom stereocenters. The highest BCUT2D eigenvalue weighted by molar-refractivity contribution is 5.09. The van der Waals surface area contributed by atoms with Gasteiger partial charge in [-0.1, -0.05) is 19.9 Å². The first kappa shape index (κ1) is 12.6. The van der Waals surface area contributed by atoms with Crippen molar-refractivity contribution in [3.8, 4) is 0 Å². The van der Waals surface area contributed by atoms with Crippen LogP contribution in [-0.2, 0) is 6.54 Å². The van der Waals surface area contributed by atoms with Gasteiger partial charge in [-0.15, -0.1) is 0 Å². The van der Waals surface area contributed by atoms with Crippen molar-refractivity contribution in [2.75, 3.05) is 0 Å². The second kappa shape index (κ2) is 5.63. The van der Waals surface area contributed by atoms with Crippen LogP contribution in [-0.4, -0.2) is 11.0 Å². The monoisotopic (exact) mass is 232 g/mol. The Labute approximate surface area is 105 Å². The van der Waals surface area contributed by atoms with Crippen LogP contribution in [0.2, 0.25) is 0 Å². The lowest BCUT2D eigenvalue weighted by molar-refractivity contribution is 0.225. The second-order valence-corrected chi connectivity index (χ2v) is 5.62. The first-order chi connectivity index (χ1) is 8.15. The molecule has 0 aliphatic heterocycles. The maximum Gasteiger partial charge on any atom is 0.0544 e. The highest BCUT2D eigenvalue weighted by Gasteiger charge is 2.23. The van der Waals surface area contributed by atoms with Gasteiger partial charge in [0, 0.05) is 18.3 Å². The van der Waals surface area contributed by atoms with E-state index in [4.69, 9.17) is 0 Å². The molecule has 0 amide bonds. The number of nitrogens with one attached hydrogen (secondary N) is 1. The van der Waals surface area contributed by atoms with Crippen molar-refractivity contribution in [2.45, 2.75) is 52.6 Å². The molecule has 0 saturated heterocycles. The summed E-state index contributed by atoms with van der Waals surface area (Å²) in [7, 11) is 0. The Kier molecular flexibility index (Phi) is 4.16. The SMILES string of the molecule is Cc1cccc(CNC2CCC(C)C(C)C2)n1. The highest BCUT2D eigenvalue weighted by Crippen LogP contribution is 2.29. The predicted octanol–water partition coefficient (Wildman–Crippen LogP) is 3.30. The van der Waals surface area contributed by atoms with E-state index in [1.165, 1.54) is 19.3 Å². The Morgan fingerprint density at radius 3 is 2.76 bits per heavy atom. The van der Waals surface area contributed by atoms with Crippen LogP contribution in [0.3, 0.4) is 0 Å². The van der Waals surface area contributed by atoms with Crippen molar-refractivity contribution in [1.29, 1.82) is 0 Å². The molecule has 1 fully saturated rings. The molecule has 2 nitrogen and oxygen atoms in total. The number of nitrogens with zero attached hydrogens (tertiary/aromatic N) is 1. The average molecular weight is 232 g/mol. The molecule has 0 bridgehead atoms.